The first kappa shape index (κ1) is 14.0. The second-order valence-electron chi connectivity index (χ2n) is 5.49. The van der Waals surface area contributed by atoms with Gasteiger partial charge in [-0.2, -0.15) is 0 Å². The fourth-order valence-electron chi connectivity index (χ4n) is 2.59. The molecular formula is C14H30N2. The number of nitrogens with one attached hydrogen (secondary N) is 1. The van der Waals surface area contributed by atoms with Gasteiger partial charge in [-0.3, -0.25) is 0 Å². The number of likely N-dealkylation sites (tertiary alicyclic amines) is 1. The first-order chi connectivity index (χ1) is 7.72. The molecule has 0 bridgehead atoms. The minimum Gasteiger partial charge on any atom is -0.311 e. The van der Waals surface area contributed by atoms with Gasteiger partial charge in [-0.05, 0) is 52.7 Å². The molecule has 1 aliphatic rings. The maximum Gasteiger partial charge on any atom is 0.00821 e. The highest BCUT2D eigenvalue weighted by atomic mass is 15.1. The van der Waals surface area contributed by atoms with Gasteiger partial charge in [0.2, 0.25) is 0 Å². The summed E-state index contributed by atoms with van der Waals surface area (Å²) in [5.74, 6) is 0. The standard InChI is InChI=1S/C14H30N2/c1-4-5-6-8-13(2)15-14-9-7-11-16(3)12-10-14/h13-15H,4-12H2,1-3H3. The van der Waals surface area contributed by atoms with Gasteiger partial charge in [-0.1, -0.05) is 26.2 Å². The summed E-state index contributed by atoms with van der Waals surface area (Å²) in [5, 5.41) is 3.81. The zero-order valence-corrected chi connectivity index (χ0v) is 11.5. The van der Waals surface area contributed by atoms with Gasteiger partial charge in [0.15, 0.2) is 0 Å². The van der Waals surface area contributed by atoms with Gasteiger partial charge >= 0.3 is 0 Å². The number of nitrogens with zero attached hydrogens (tertiary/aromatic N) is 1. The summed E-state index contributed by atoms with van der Waals surface area (Å²) in [6.07, 6.45) is 9.50. The molecule has 0 aromatic carbocycles. The summed E-state index contributed by atoms with van der Waals surface area (Å²) in [5.41, 5.74) is 0. The van der Waals surface area contributed by atoms with Crippen molar-refractivity contribution >= 4 is 0 Å². The zero-order valence-electron chi connectivity index (χ0n) is 11.5. The molecule has 1 fully saturated rings. The van der Waals surface area contributed by atoms with E-state index in [1.54, 1.807) is 0 Å². The van der Waals surface area contributed by atoms with Crippen LogP contribution in [0.2, 0.25) is 0 Å². The molecule has 2 atom stereocenters. The first-order valence-electron chi connectivity index (χ1n) is 7.17. The Morgan fingerprint density at radius 3 is 2.81 bits per heavy atom. The summed E-state index contributed by atoms with van der Waals surface area (Å²) in [6, 6.07) is 1.47. The third-order valence-corrected chi connectivity index (χ3v) is 3.71. The molecule has 0 radical (unpaired) electrons. The van der Waals surface area contributed by atoms with E-state index in [1.165, 1.54) is 58.0 Å². The molecule has 0 saturated carbocycles. The Bertz CT molecular complexity index is 170. The normalized spacial score (nSPS) is 25.3. The Balaban J connectivity index is 2.14. The van der Waals surface area contributed by atoms with Crippen LogP contribution in [0.25, 0.3) is 0 Å². The van der Waals surface area contributed by atoms with E-state index in [0.29, 0.717) is 6.04 Å². The molecule has 0 amide bonds. The Labute approximate surface area is 102 Å². The lowest BCUT2D eigenvalue weighted by molar-refractivity contribution is 0.337. The van der Waals surface area contributed by atoms with E-state index in [4.69, 9.17) is 0 Å². The molecule has 0 spiro atoms. The smallest absolute Gasteiger partial charge is 0.00821 e. The molecule has 1 rings (SSSR count). The number of hydrogen-bond donors (Lipinski definition) is 1. The minimum absolute atomic E-state index is 0.708. The van der Waals surface area contributed by atoms with Crippen LogP contribution in [0.3, 0.4) is 0 Å². The summed E-state index contributed by atoms with van der Waals surface area (Å²) in [6.45, 7) is 7.17. The predicted molar refractivity (Wildman–Crippen MR) is 71.9 cm³/mol. The number of rotatable bonds is 6. The van der Waals surface area contributed by atoms with Gasteiger partial charge in [0, 0.05) is 12.1 Å². The molecule has 2 heteroatoms. The molecule has 16 heavy (non-hydrogen) atoms. The van der Waals surface area contributed by atoms with Crippen LogP contribution >= 0.6 is 0 Å². The molecule has 1 heterocycles. The van der Waals surface area contributed by atoms with E-state index >= 15 is 0 Å². The summed E-state index contributed by atoms with van der Waals surface area (Å²) in [7, 11) is 2.24. The van der Waals surface area contributed by atoms with Crippen LogP contribution < -0.4 is 5.32 Å². The lowest BCUT2D eigenvalue weighted by atomic mass is 10.1. The molecule has 2 nitrogen and oxygen atoms in total. The van der Waals surface area contributed by atoms with Crippen LogP contribution in [0.5, 0.6) is 0 Å². The van der Waals surface area contributed by atoms with Crippen LogP contribution in [-0.4, -0.2) is 37.1 Å². The maximum absolute atomic E-state index is 3.81. The van der Waals surface area contributed by atoms with Crippen LogP contribution in [0.1, 0.15) is 58.8 Å². The van der Waals surface area contributed by atoms with Crippen molar-refractivity contribution in [2.75, 3.05) is 20.1 Å². The quantitative estimate of drug-likeness (QED) is 0.700. The molecule has 0 aromatic rings. The topological polar surface area (TPSA) is 15.3 Å². The van der Waals surface area contributed by atoms with Crippen molar-refractivity contribution in [2.45, 2.75) is 70.9 Å². The van der Waals surface area contributed by atoms with Crippen molar-refractivity contribution in [1.29, 1.82) is 0 Å². The summed E-state index contributed by atoms with van der Waals surface area (Å²) >= 11 is 0. The fourth-order valence-corrected chi connectivity index (χ4v) is 2.59. The first-order valence-corrected chi connectivity index (χ1v) is 7.17. The van der Waals surface area contributed by atoms with Crippen molar-refractivity contribution in [1.82, 2.24) is 10.2 Å². The number of hydrogen-bond acceptors (Lipinski definition) is 2. The van der Waals surface area contributed by atoms with Gasteiger partial charge in [0.05, 0.1) is 0 Å². The van der Waals surface area contributed by atoms with Gasteiger partial charge in [0.25, 0.3) is 0 Å². The maximum atomic E-state index is 3.81. The molecule has 2 unspecified atom stereocenters. The minimum atomic E-state index is 0.708. The molecule has 0 aliphatic carbocycles. The van der Waals surface area contributed by atoms with Gasteiger partial charge < -0.3 is 10.2 Å². The second-order valence-corrected chi connectivity index (χ2v) is 5.49. The summed E-state index contributed by atoms with van der Waals surface area (Å²) < 4.78 is 0. The average molecular weight is 226 g/mol. The van der Waals surface area contributed by atoms with E-state index in [9.17, 15) is 0 Å². The SMILES string of the molecule is CCCCCC(C)NC1CCCN(C)CC1. The van der Waals surface area contributed by atoms with Crippen molar-refractivity contribution in [2.24, 2.45) is 0 Å². The van der Waals surface area contributed by atoms with E-state index < -0.39 is 0 Å². The molecule has 1 aliphatic heterocycles. The average Bonchev–Trinajstić information content (AvgIpc) is 2.44. The lowest BCUT2D eigenvalue weighted by Gasteiger charge is -2.22. The van der Waals surface area contributed by atoms with Crippen molar-refractivity contribution in [3.8, 4) is 0 Å². The highest BCUT2D eigenvalue weighted by Gasteiger charge is 2.15. The van der Waals surface area contributed by atoms with Crippen LogP contribution in [0, 0.1) is 0 Å². The Hall–Kier alpha value is -0.0800. The zero-order chi connectivity index (χ0) is 11.8. The molecule has 1 N–H and O–H groups in total. The Kier molecular flexibility index (Phi) is 7.06. The molecular weight excluding hydrogens is 196 g/mol. The van der Waals surface area contributed by atoms with Crippen molar-refractivity contribution in [3.63, 3.8) is 0 Å². The predicted octanol–water partition coefficient (Wildman–Crippen LogP) is 3.03. The largest absolute Gasteiger partial charge is 0.311 e. The number of unbranched alkanes of at least 4 members (excludes halogenated alkanes) is 2. The second kappa shape index (κ2) is 8.08. The monoisotopic (exact) mass is 226 g/mol. The fraction of sp³-hybridized carbons (Fsp3) is 1.00. The third-order valence-electron chi connectivity index (χ3n) is 3.71. The van der Waals surface area contributed by atoms with Gasteiger partial charge in [0.1, 0.15) is 0 Å². The van der Waals surface area contributed by atoms with E-state index in [-0.39, 0.29) is 0 Å². The van der Waals surface area contributed by atoms with E-state index in [1.807, 2.05) is 0 Å². The molecule has 96 valence electrons. The highest BCUT2D eigenvalue weighted by molar-refractivity contribution is 4.76. The Morgan fingerprint density at radius 1 is 1.25 bits per heavy atom. The van der Waals surface area contributed by atoms with Gasteiger partial charge in [-0.25, -0.2) is 0 Å². The highest BCUT2D eigenvalue weighted by Crippen LogP contribution is 2.12. The Morgan fingerprint density at radius 2 is 2.06 bits per heavy atom. The molecule has 0 aromatic heterocycles. The summed E-state index contributed by atoms with van der Waals surface area (Å²) in [4.78, 5) is 2.46. The van der Waals surface area contributed by atoms with Crippen molar-refractivity contribution < 1.29 is 0 Å². The van der Waals surface area contributed by atoms with E-state index in [2.05, 4.69) is 31.1 Å². The van der Waals surface area contributed by atoms with Crippen LogP contribution in [-0.2, 0) is 0 Å². The lowest BCUT2D eigenvalue weighted by Crippen LogP contribution is -2.37. The third kappa shape index (κ3) is 5.86. The van der Waals surface area contributed by atoms with Crippen LogP contribution in [0.15, 0.2) is 0 Å². The molecule has 1 saturated heterocycles. The van der Waals surface area contributed by atoms with Crippen molar-refractivity contribution in [3.05, 3.63) is 0 Å². The van der Waals surface area contributed by atoms with Gasteiger partial charge in [-0.15, -0.1) is 0 Å². The van der Waals surface area contributed by atoms with Crippen LogP contribution in [0.4, 0.5) is 0 Å². The van der Waals surface area contributed by atoms with E-state index in [0.717, 1.165) is 6.04 Å².